The summed E-state index contributed by atoms with van der Waals surface area (Å²) in [5.41, 5.74) is 1.89. The van der Waals surface area contributed by atoms with E-state index in [1.54, 1.807) is 48.5 Å². The lowest BCUT2D eigenvalue weighted by atomic mass is 9.93. The Labute approximate surface area is 155 Å². The topological polar surface area (TPSA) is 66.4 Å². The number of halogens is 1. The first kappa shape index (κ1) is 17.6. The van der Waals surface area contributed by atoms with E-state index in [9.17, 15) is 14.7 Å². The maximum atomic E-state index is 12.4. The minimum absolute atomic E-state index is 0.185. The summed E-state index contributed by atoms with van der Waals surface area (Å²) < 4.78 is 0. The van der Waals surface area contributed by atoms with Gasteiger partial charge in [0.05, 0.1) is 10.6 Å². The van der Waals surface area contributed by atoms with Crippen LogP contribution in [-0.4, -0.2) is 30.6 Å². The van der Waals surface area contributed by atoms with Gasteiger partial charge in [0.25, 0.3) is 5.91 Å². The second kappa shape index (κ2) is 7.37. The highest BCUT2D eigenvalue weighted by Crippen LogP contribution is 2.41. The maximum absolute atomic E-state index is 12.4. The van der Waals surface area contributed by atoms with Crippen molar-refractivity contribution in [1.82, 2.24) is 5.32 Å². The monoisotopic (exact) mass is 369 g/mol. The van der Waals surface area contributed by atoms with E-state index in [1.165, 1.54) is 11.8 Å². The second-order valence-corrected chi connectivity index (χ2v) is 7.01. The molecule has 1 atom stereocenters. The van der Waals surface area contributed by atoms with Crippen molar-refractivity contribution >= 4 is 48.5 Å². The molecule has 1 heterocycles. The van der Waals surface area contributed by atoms with Crippen molar-refractivity contribution < 1.29 is 14.7 Å². The molecule has 1 aliphatic rings. The first-order valence-corrected chi connectivity index (χ1v) is 8.84. The minimum atomic E-state index is -1.05. The molecule has 1 unspecified atom stereocenters. The summed E-state index contributed by atoms with van der Waals surface area (Å²) in [4.78, 5) is 24.2. The van der Waals surface area contributed by atoms with E-state index < -0.39 is 5.97 Å². The standard InChI is InChI=1S/C18H13BClNO3S/c19-12-3-1-2-11(8-12)16(22)21-17-15(18(23)24)14(9-25-17)10-4-6-13(20)7-5-10/h1-8,14H,9H2,(H,21,22)(H,23,24). The molecular weight excluding hydrogens is 357 g/mol. The highest BCUT2D eigenvalue weighted by Gasteiger charge is 2.33. The molecule has 0 fully saturated rings. The number of benzene rings is 2. The third-order valence-corrected chi connectivity index (χ3v) is 5.23. The lowest BCUT2D eigenvalue weighted by Crippen LogP contribution is -2.24. The van der Waals surface area contributed by atoms with Crippen LogP contribution in [0.3, 0.4) is 0 Å². The summed E-state index contributed by atoms with van der Waals surface area (Å²) in [5.74, 6) is -1.20. The van der Waals surface area contributed by atoms with Gasteiger partial charge < -0.3 is 10.4 Å². The Hall–Kier alpha value is -2.18. The van der Waals surface area contributed by atoms with E-state index in [0.717, 1.165) is 5.56 Å². The molecule has 3 rings (SSSR count). The van der Waals surface area contributed by atoms with E-state index >= 15 is 0 Å². The van der Waals surface area contributed by atoms with Crippen LogP contribution in [0.4, 0.5) is 0 Å². The number of amides is 1. The Morgan fingerprint density at radius 3 is 2.56 bits per heavy atom. The fourth-order valence-corrected chi connectivity index (χ4v) is 4.02. The lowest BCUT2D eigenvalue weighted by Gasteiger charge is -2.12. The van der Waals surface area contributed by atoms with Crippen LogP contribution in [0, 0.1) is 0 Å². The molecule has 124 valence electrons. The largest absolute Gasteiger partial charge is 0.478 e. The molecule has 0 bridgehead atoms. The van der Waals surface area contributed by atoms with Gasteiger partial charge in [-0.25, -0.2) is 4.79 Å². The van der Waals surface area contributed by atoms with Gasteiger partial charge in [-0.1, -0.05) is 47.4 Å². The van der Waals surface area contributed by atoms with Crippen molar-refractivity contribution in [3.8, 4) is 0 Å². The number of aliphatic carboxylic acids is 1. The van der Waals surface area contributed by atoms with Crippen molar-refractivity contribution in [1.29, 1.82) is 0 Å². The summed E-state index contributed by atoms with van der Waals surface area (Å²) in [7, 11) is 5.69. The Balaban J connectivity index is 1.89. The number of hydrogen-bond donors (Lipinski definition) is 2. The van der Waals surface area contributed by atoms with Gasteiger partial charge in [-0.2, -0.15) is 0 Å². The molecule has 1 aliphatic heterocycles. The molecule has 2 aromatic rings. The van der Waals surface area contributed by atoms with Crippen molar-refractivity contribution in [2.45, 2.75) is 5.92 Å². The average molecular weight is 370 g/mol. The normalized spacial score (nSPS) is 16.8. The molecule has 2 aromatic carbocycles. The third kappa shape index (κ3) is 3.91. The van der Waals surface area contributed by atoms with Crippen LogP contribution in [0.15, 0.2) is 59.1 Å². The molecule has 1 amide bonds. The van der Waals surface area contributed by atoms with Crippen LogP contribution < -0.4 is 10.8 Å². The highest BCUT2D eigenvalue weighted by molar-refractivity contribution is 8.03. The first-order valence-electron chi connectivity index (χ1n) is 7.48. The van der Waals surface area contributed by atoms with Crippen LogP contribution in [0.5, 0.6) is 0 Å². The molecule has 0 aromatic heterocycles. The SMILES string of the molecule is [B]c1cccc(C(=O)NC2=C(C(=O)O)C(c3ccc(Cl)cc3)CS2)c1. The van der Waals surface area contributed by atoms with E-state index in [-0.39, 0.29) is 17.4 Å². The summed E-state index contributed by atoms with van der Waals surface area (Å²) in [6.45, 7) is 0. The van der Waals surface area contributed by atoms with E-state index in [2.05, 4.69) is 5.32 Å². The van der Waals surface area contributed by atoms with Crippen LogP contribution in [0.1, 0.15) is 21.8 Å². The summed E-state index contributed by atoms with van der Waals surface area (Å²) in [6.07, 6.45) is 0. The molecule has 0 aliphatic carbocycles. The maximum Gasteiger partial charge on any atom is 0.334 e. The average Bonchev–Trinajstić information content (AvgIpc) is 2.99. The number of carbonyl (C=O) groups excluding carboxylic acids is 1. The summed E-state index contributed by atoms with van der Waals surface area (Å²) in [5, 5.41) is 13.3. The fourth-order valence-electron chi connectivity index (χ4n) is 2.65. The third-order valence-electron chi connectivity index (χ3n) is 3.87. The molecule has 7 heteroatoms. The van der Waals surface area contributed by atoms with Crippen molar-refractivity contribution in [2.75, 3.05) is 5.75 Å². The number of carboxylic acids is 1. The number of carboxylic acid groups (broad SMARTS) is 1. The number of carbonyl (C=O) groups is 2. The number of hydrogen-bond acceptors (Lipinski definition) is 3. The van der Waals surface area contributed by atoms with Gasteiger partial charge in [0.15, 0.2) is 0 Å². The first-order chi connectivity index (χ1) is 12.0. The zero-order valence-corrected chi connectivity index (χ0v) is 14.6. The van der Waals surface area contributed by atoms with E-state index in [4.69, 9.17) is 19.4 Å². The number of thioether (sulfide) groups is 1. The quantitative estimate of drug-likeness (QED) is 0.813. The Morgan fingerprint density at radius 1 is 1.20 bits per heavy atom. The minimum Gasteiger partial charge on any atom is -0.478 e. The van der Waals surface area contributed by atoms with Gasteiger partial charge in [0.2, 0.25) is 0 Å². The van der Waals surface area contributed by atoms with E-state index in [1.807, 2.05) is 0 Å². The molecule has 2 radical (unpaired) electrons. The predicted molar refractivity (Wildman–Crippen MR) is 101 cm³/mol. The fraction of sp³-hybridized carbons (Fsp3) is 0.111. The van der Waals surface area contributed by atoms with E-state index in [0.29, 0.717) is 26.8 Å². The molecular formula is C18H13BClNO3S. The summed E-state index contributed by atoms with van der Waals surface area (Å²) >= 11 is 7.21. The van der Waals surface area contributed by atoms with Crippen molar-refractivity contribution in [3.05, 3.63) is 75.3 Å². The second-order valence-electron chi connectivity index (χ2n) is 5.54. The Morgan fingerprint density at radius 2 is 1.92 bits per heavy atom. The van der Waals surface area contributed by atoms with Crippen LogP contribution >= 0.6 is 23.4 Å². The van der Waals surface area contributed by atoms with Gasteiger partial charge in [-0.3, -0.25) is 4.79 Å². The molecule has 0 saturated carbocycles. The molecule has 0 saturated heterocycles. The van der Waals surface area contributed by atoms with Crippen molar-refractivity contribution in [2.24, 2.45) is 0 Å². The smallest absolute Gasteiger partial charge is 0.334 e. The zero-order valence-electron chi connectivity index (χ0n) is 13.0. The number of nitrogens with one attached hydrogen (secondary N) is 1. The van der Waals surface area contributed by atoms with Crippen LogP contribution in [0.25, 0.3) is 0 Å². The number of rotatable bonds is 4. The lowest BCUT2D eigenvalue weighted by molar-refractivity contribution is -0.132. The molecule has 2 N–H and O–H groups in total. The van der Waals surface area contributed by atoms with Gasteiger partial charge in [0.1, 0.15) is 7.85 Å². The Bertz CT molecular complexity index is 867. The van der Waals surface area contributed by atoms with Gasteiger partial charge in [0, 0.05) is 22.3 Å². The van der Waals surface area contributed by atoms with Crippen LogP contribution in [0.2, 0.25) is 5.02 Å². The van der Waals surface area contributed by atoms with Gasteiger partial charge >= 0.3 is 5.97 Å². The summed E-state index contributed by atoms with van der Waals surface area (Å²) in [6, 6.07) is 13.6. The predicted octanol–water partition coefficient (Wildman–Crippen LogP) is 2.69. The zero-order chi connectivity index (χ0) is 18.0. The molecule has 25 heavy (non-hydrogen) atoms. The van der Waals surface area contributed by atoms with Gasteiger partial charge in [-0.05, 0) is 23.8 Å². The van der Waals surface area contributed by atoms with Crippen molar-refractivity contribution in [3.63, 3.8) is 0 Å². The Kier molecular flexibility index (Phi) is 5.20. The van der Waals surface area contributed by atoms with Gasteiger partial charge in [-0.15, -0.1) is 11.8 Å². The molecule has 0 spiro atoms. The molecule has 4 nitrogen and oxygen atoms in total. The highest BCUT2D eigenvalue weighted by atomic mass is 35.5. The van der Waals surface area contributed by atoms with Crippen LogP contribution in [-0.2, 0) is 4.79 Å².